The number of hydrogen-bond donors (Lipinski definition) is 0. The zero-order chi connectivity index (χ0) is 22.8. The highest BCUT2D eigenvalue weighted by atomic mass is 16.6. The minimum absolute atomic E-state index is 0.308. The average molecular weight is 438 g/mol. The number of likely N-dealkylation sites (N-methyl/N-ethyl adjacent to an activating group) is 1. The summed E-state index contributed by atoms with van der Waals surface area (Å²) in [6.07, 6.45) is 0. The maximum atomic E-state index is 13.6. The second-order valence-corrected chi connectivity index (χ2v) is 8.09. The molecule has 2 aliphatic rings. The molecule has 32 heavy (non-hydrogen) atoms. The third-order valence-corrected chi connectivity index (χ3v) is 5.74. The molecule has 4 rings (SSSR count). The van der Waals surface area contributed by atoms with E-state index in [0.29, 0.717) is 54.7 Å². The van der Waals surface area contributed by atoms with Crippen molar-refractivity contribution in [1.82, 2.24) is 9.80 Å². The molecule has 2 heterocycles. The Hall–Kier alpha value is -3.39. The lowest BCUT2D eigenvalue weighted by Crippen LogP contribution is -2.36. The fourth-order valence-corrected chi connectivity index (χ4v) is 4.11. The Morgan fingerprint density at radius 2 is 1.84 bits per heavy atom. The van der Waals surface area contributed by atoms with Crippen molar-refractivity contribution in [3.8, 4) is 17.2 Å². The number of hydrogen-bond acceptors (Lipinski definition) is 7. The number of ketones is 2. The van der Waals surface area contributed by atoms with Crippen molar-refractivity contribution in [3.05, 3.63) is 53.6 Å². The zero-order valence-corrected chi connectivity index (χ0v) is 18.4. The van der Waals surface area contributed by atoms with Crippen LogP contribution in [0.5, 0.6) is 17.2 Å². The zero-order valence-electron chi connectivity index (χ0n) is 18.4. The molecule has 1 amide bonds. The lowest BCUT2D eigenvalue weighted by atomic mass is 9.86. The summed E-state index contributed by atoms with van der Waals surface area (Å²) in [5.41, 5.74) is 0.987. The number of amides is 1. The van der Waals surface area contributed by atoms with E-state index >= 15 is 0 Å². The van der Waals surface area contributed by atoms with Crippen LogP contribution in [0.3, 0.4) is 0 Å². The van der Waals surface area contributed by atoms with Gasteiger partial charge < -0.3 is 24.0 Å². The molecule has 8 nitrogen and oxygen atoms in total. The number of rotatable bonds is 7. The molecule has 1 fully saturated rings. The molecule has 2 unspecified atom stereocenters. The number of nitrogens with zero attached hydrogens (tertiary/aromatic N) is 2. The molecule has 0 bridgehead atoms. The van der Waals surface area contributed by atoms with Crippen LogP contribution in [0, 0.1) is 5.92 Å². The predicted octanol–water partition coefficient (Wildman–Crippen LogP) is 1.98. The summed E-state index contributed by atoms with van der Waals surface area (Å²) in [5, 5.41) is 0. The number of carbonyl (C=O) groups excluding carboxylic acids is 3. The standard InChI is InChI=1S/C24H26N2O6/c1-25(2)9-10-26-21(15-5-4-6-17(13-15)30-3)20(23(28)24(26)29)22(27)16-7-8-18-19(14-16)32-12-11-31-18/h4-8,13-14,20-21H,9-12H2,1-3H3. The predicted molar refractivity (Wildman–Crippen MR) is 116 cm³/mol. The van der Waals surface area contributed by atoms with Crippen molar-refractivity contribution < 1.29 is 28.6 Å². The highest BCUT2D eigenvalue weighted by Gasteiger charge is 2.51. The van der Waals surface area contributed by atoms with E-state index in [9.17, 15) is 14.4 Å². The Morgan fingerprint density at radius 1 is 1.09 bits per heavy atom. The van der Waals surface area contributed by atoms with Crippen LogP contribution >= 0.6 is 0 Å². The van der Waals surface area contributed by atoms with Gasteiger partial charge in [-0.15, -0.1) is 0 Å². The normalized spacial score (nSPS) is 20.1. The quantitative estimate of drug-likeness (QED) is 0.371. The third-order valence-electron chi connectivity index (χ3n) is 5.74. The van der Waals surface area contributed by atoms with Gasteiger partial charge in [-0.1, -0.05) is 12.1 Å². The molecule has 0 aliphatic carbocycles. The van der Waals surface area contributed by atoms with Crippen molar-refractivity contribution in [3.63, 3.8) is 0 Å². The van der Waals surface area contributed by atoms with Gasteiger partial charge in [-0.2, -0.15) is 0 Å². The molecule has 0 N–H and O–H groups in total. The van der Waals surface area contributed by atoms with Crippen LogP contribution in [0.25, 0.3) is 0 Å². The Balaban J connectivity index is 1.74. The van der Waals surface area contributed by atoms with Crippen LogP contribution in [-0.4, -0.2) is 74.8 Å². The number of benzene rings is 2. The van der Waals surface area contributed by atoms with Crippen LogP contribution in [0.15, 0.2) is 42.5 Å². The van der Waals surface area contributed by atoms with Crippen molar-refractivity contribution in [1.29, 1.82) is 0 Å². The van der Waals surface area contributed by atoms with E-state index in [2.05, 4.69) is 0 Å². The summed E-state index contributed by atoms with van der Waals surface area (Å²) in [7, 11) is 5.33. The molecule has 0 radical (unpaired) electrons. The molecule has 0 saturated carbocycles. The Labute approximate surface area is 186 Å². The van der Waals surface area contributed by atoms with Crippen LogP contribution in [0.1, 0.15) is 22.0 Å². The van der Waals surface area contributed by atoms with Crippen molar-refractivity contribution >= 4 is 17.5 Å². The summed E-state index contributed by atoms with van der Waals surface area (Å²) in [5.74, 6) is -1.31. The van der Waals surface area contributed by atoms with Crippen LogP contribution in [-0.2, 0) is 9.59 Å². The third kappa shape index (κ3) is 4.05. The topological polar surface area (TPSA) is 85.4 Å². The number of ether oxygens (including phenoxy) is 3. The van der Waals surface area contributed by atoms with Gasteiger partial charge in [0.05, 0.1) is 13.2 Å². The number of carbonyl (C=O) groups is 3. The molecule has 0 spiro atoms. The van der Waals surface area contributed by atoms with Crippen LogP contribution in [0.4, 0.5) is 0 Å². The van der Waals surface area contributed by atoms with Crippen molar-refractivity contribution in [2.45, 2.75) is 6.04 Å². The Morgan fingerprint density at radius 3 is 2.56 bits per heavy atom. The lowest BCUT2D eigenvalue weighted by molar-refractivity contribution is -0.140. The molecule has 2 aromatic carbocycles. The van der Waals surface area contributed by atoms with Gasteiger partial charge in [0.25, 0.3) is 5.91 Å². The largest absolute Gasteiger partial charge is 0.497 e. The molecular formula is C24H26N2O6. The molecule has 2 aromatic rings. The maximum absolute atomic E-state index is 13.6. The molecular weight excluding hydrogens is 412 g/mol. The van der Waals surface area contributed by atoms with Gasteiger partial charge in [-0.25, -0.2) is 0 Å². The fraction of sp³-hybridized carbons (Fsp3) is 0.375. The van der Waals surface area contributed by atoms with E-state index in [1.54, 1.807) is 43.5 Å². The summed E-state index contributed by atoms with van der Waals surface area (Å²) in [6, 6.07) is 11.3. The monoisotopic (exact) mass is 438 g/mol. The average Bonchev–Trinajstić information content (AvgIpc) is 3.06. The van der Waals surface area contributed by atoms with Gasteiger partial charge in [0, 0.05) is 18.7 Å². The van der Waals surface area contributed by atoms with E-state index in [0.717, 1.165) is 0 Å². The van der Waals surface area contributed by atoms with Crippen LogP contribution < -0.4 is 14.2 Å². The number of fused-ring (bicyclic) bond motifs is 1. The molecule has 1 saturated heterocycles. The number of methoxy groups -OCH3 is 1. The van der Waals surface area contributed by atoms with E-state index in [1.807, 2.05) is 25.1 Å². The first kappa shape index (κ1) is 21.8. The van der Waals surface area contributed by atoms with Gasteiger partial charge in [0.1, 0.15) is 24.9 Å². The van der Waals surface area contributed by atoms with Gasteiger partial charge in [-0.05, 0) is 50.0 Å². The van der Waals surface area contributed by atoms with E-state index in [-0.39, 0.29) is 0 Å². The summed E-state index contributed by atoms with van der Waals surface area (Å²) in [4.78, 5) is 43.1. The number of Topliss-reactive ketones (excluding diaryl/α,β-unsaturated/α-hetero) is 2. The van der Waals surface area contributed by atoms with Gasteiger partial charge >= 0.3 is 0 Å². The summed E-state index contributed by atoms with van der Waals surface area (Å²) in [6.45, 7) is 1.71. The smallest absolute Gasteiger partial charge is 0.291 e. The minimum Gasteiger partial charge on any atom is -0.497 e. The highest BCUT2D eigenvalue weighted by molar-refractivity contribution is 6.44. The minimum atomic E-state index is -1.15. The summed E-state index contributed by atoms with van der Waals surface area (Å²) < 4.78 is 16.4. The van der Waals surface area contributed by atoms with E-state index in [1.165, 1.54) is 4.90 Å². The molecule has 8 heteroatoms. The Bertz CT molecular complexity index is 1050. The van der Waals surface area contributed by atoms with Crippen molar-refractivity contribution in [2.24, 2.45) is 5.92 Å². The van der Waals surface area contributed by atoms with Gasteiger partial charge in [0.15, 0.2) is 17.3 Å². The van der Waals surface area contributed by atoms with Crippen LogP contribution in [0.2, 0.25) is 0 Å². The highest BCUT2D eigenvalue weighted by Crippen LogP contribution is 2.40. The van der Waals surface area contributed by atoms with Gasteiger partial charge in [0.2, 0.25) is 5.78 Å². The molecule has 168 valence electrons. The van der Waals surface area contributed by atoms with E-state index < -0.39 is 29.4 Å². The number of likely N-dealkylation sites (tertiary alicyclic amines) is 1. The first-order chi connectivity index (χ1) is 15.4. The second kappa shape index (κ2) is 9.00. The SMILES string of the molecule is COc1cccc(C2C(C(=O)c3ccc4c(c3)OCCO4)C(=O)C(=O)N2CCN(C)C)c1. The first-order valence-corrected chi connectivity index (χ1v) is 10.5. The maximum Gasteiger partial charge on any atom is 0.291 e. The van der Waals surface area contributed by atoms with E-state index in [4.69, 9.17) is 14.2 Å². The molecule has 2 aliphatic heterocycles. The van der Waals surface area contributed by atoms with Gasteiger partial charge in [-0.3, -0.25) is 14.4 Å². The Kier molecular flexibility index (Phi) is 6.14. The van der Waals surface area contributed by atoms with Crippen molar-refractivity contribution in [2.75, 3.05) is 47.5 Å². The lowest BCUT2D eigenvalue weighted by Gasteiger charge is -2.28. The molecule has 2 atom stereocenters. The summed E-state index contributed by atoms with van der Waals surface area (Å²) >= 11 is 0. The second-order valence-electron chi connectivity index (χ2n) is 8.09. The molecule has 0 aromatic heterocycles. The fourth-order valence-electron chi connectivity index (χ4n) is 4.11. The first-order valence-electron chi connectivity index (χ1n) is 10.5.